The maximum atomic E-state index is 12.4. The lowest BCUT2D eigenvalue weighted by atomic mass is 9.88. The molecule has 0 radical (unpaired) electrons. The van der Waals surface area contributed by atoms with E-state index in [0.717, 1.165) is 25.7 Å². The summed E-state index contributed by atoms with van der Waals surface area (Å²) in [7, 11) is 0. The van der Waals surface area contributed by atoms with E-state index in [2.05, 4.69) is 22.7 Å². The molecular weight excluding hydrogens is 388 g/mol. The van der Waals surface area contributed by atoms with Crippen molar-refractivity contribution < 1.29 is 23.9 Å². The van der Waals surface area contributed by atoms with Crippen molar-refractivity contribution in [3.63, 3.8) is 0 Å². The molecular formula is C21H38N4O5. The molecule has 0 saturated heterocycles. The highest BCUT2D eigenvalue weighted by atomic mass is 16.6. The molecule has 0 aromatic rings. The molecule has 1 unspecified atom stereocenters. The molecule has 0 aromatic heterocycles. The van der Waals surface area contributed by atoms with Crippen LogP contribution in [0.1, 0.15) is 66.7 Å². The number of amides is 1. The van der Waals surface area contributed by atoms with Crippen LogP contribution in [0, 0.1) is 0 Å². The summed E-state index contributed by atoms with van der Waals surface area (Å²) in [5.41, 5.74) is 9.07. The van der Waals surface area contributed by atoms with Crippen LogP contribution in [0.25, 0.3) is 0 Å². The van der Waals surface area contributed by atoms with Crippen molar-refractivity contribution in [2.75, 3.05) is 13.2 Å². The van der Waals surface area contributed by atoms with Crippen molar-refractivity contribution in [1.82, 2.24) is 10.8 Å². The van der Waals surface area contributed by atoms with Crippen molar-refractivity contribution >= 4 is 17.8 Å². The molecule has 0 spiro atoms. The first-order valence-corrected chi connectivity index (χ1v) is 10.9. The van der Waals surface area contributed by atoms with E-state index in [1.807, 2.05) is 13.8 Å². The zero-order valence-electron chi connectivity index (χ0n) is 18.9. The van der Waals surface area contributed by atoms with Gasteiger partial charge in [0.1, 0.15) is 0 Å². The van der Waals surface area contributed by atoms with Gasteiger partial charge in [-0.2, -0.15) is 0 Å². The summed E-state index contributed by atoms with van der Waals surface area (Å²) >= 11 is 0. The Morgan fingerprint density at radius 1 is 1.27 bits per heavy atom. The number of nitrogens with zero attached hydrogens (tertiary/aromatic N) is 1. The number of carbonyl (C=O) groups excluding carboxylic acids is 2. The number of carbonyl (C=O) groups is 2. The predicted octanol–water partition coefficient (Wildman–Crippen LogP) is 1.96. The first-order chi connectivity index (χ1) is 14.4. The first kappa shape index (κ1) is 25.9. The zero-order chi connectivity index (χ0) is 22.5. The topological polar surface area (TPSA) is 124 Å². The van der Waals surface area contributed by atoms with Gasteiger partial charge in [0, 0.05) is 18.9 Å². The highest BCUT2D eigenvalue weighted by molar-refractivity contribution is 5.89. The third-order valence-corrected chi connectivity index (χ3v) is 4.81. The van der Waals surface area contributed by atoms with Crippen LogP contribution in [0.3, 0.4) is 0 Å². The molecule has 0 aliphatic heterocycles. The second-order valence-electron chi connectivity index (χ2n) is 7.27. The number of guanidine groups is 1. The van der Waals surface area contributed by atoms with Crippen LogP contribution in [0.5, 0.6) is 0 Å². The molecule has 3 atom stereocenters. The molecule has 0 fully saturated rings. The van der Waals surface area contributed by atoms with Crippen LogP contribution < -0.4 is 16.5 Å². The maximum absolute atomic E-state index is 12.4. The van der Waals surface area contributed by atoms with E-state index in [1.165, 1.54) is 6.92 Å². The fraction of sp³-hybridized carbons (Fsp3) is 0.762. The largest absolute Gasteiger partial charge is 0.463 e. The summed E-state index contributed by atoms with van der Waals surface area (Å²) in [5, 5.41) is 2.92. The first-order valence-electron chi connectivity index (χ1n) is 10.9. The predicted molar refractivity (Wildman–Crippen MR) is 116 cm³/mol. The van der Waals surface area contributed by atoms with Crippen LogP contribution in [-0.2, 0) is 23.9 Å². The Balaban J connectivity index is 3.15. The van der Waals surface area contributed by atoms with Gasteiger partial charge in [-0.1, -0.05) is 27.2 Å². The number of ether oxygens (including phenoxy) is 2. The van der Waals surface area contributed by atoms with Crippen LogP contribution in [0.15, 0.2) is 16.6 Å². The molecule has 1 aliphatic rings. The second-order valence-corrected chi connectivity index (χ2v) is 7.27. The molecule has 0 aromatic carbocycles. The van der Waals surface area contributed by atoms with Gasteiger partial charge in [0.2, 0.25) is 11.9 Å². The minimum absolute atomic E-state index is 0.0125. The van der Waals surface area contributed by atoms with Crippen LogP contribution in [0.4, 0.5) is 0 Å². The second kappa shape index (κ2) is 14.0. The number of nitrogens with one attached hydrogen (secondary N) is 2. The quantitative estimate of drug-likeness (QED) is 0.143. The van der Waals surface area contributed by atoms with Gasteiger partial charge in [0.05, 0.1) is 37.5 Å². The fourth-order valence-corrected chi connectivity index (χ4v) is 3.23. The Morgan fingerprint density at radius 2 is 1.97 bits per heavy atom. The van der Waals surface area contributed by atoms with Gasteiger partial charge >= 0.3 is 5.97 Å². The Kier molecular flexibility index (Phi) is 12.1. The molecule has 172 valence electrons. The van der Waals surface area contributed by atoms with Gasteiger partial charge in [-0.25, -0.2) is 15.3 Å². The van der Waals surface area contributed by atoms with Gasteiger partial charge in [0.25, 0.3) is 0 Å². The summed E-state index contributed by atoms with van der Waals surface area (Å²) in [5.74, 6) is -0.544. The standard InChI is InChI=1S/C21H38N4O5/c1-6-10-11-29-25-21(22)24-17-12-15(20(27)28-9-4)13-18(19(17)23-14(5)26)30-16(7-2)8-3/h13,16-19H,6-12H2,1-5H3,(H,23,26)(H3,22,24,25)/t17-,18+,19?/m0/s1. The summed E-state index contributed by atoms with van der Waals surface area (Å²) in [6.45, 7) is 10.1. The average molecular weight is 427 g/mol. The highest BCUT2D eigenvalue weighted by Gasteiger charge is 2.38. The van der Waals surface area contributed by atoms with E-state index in [1.54, 1.807) is 13.0 Å². The summed E-state index contributed by atoms with van der Waals surface area (Å²) in [6, 6.07) is -0.989. The van der Waals surface area contributed by atoms with E-state index >= 15 is 0 Å². The Bertz CT molecular complexity index is 604. The van der Waals surface area contributed by atoms with E-state index in [-0.39, 0.29) is 31.0 Å². The summed E-state index contributed by atoms with van der Waals surface area (Å²) in [4.78, 5) is 34.1. The van der Waals surface area contributed by atoms with E-state index in [9.17, 15) is 9.59 Å². The number of hydrogen-bond acceptors (Lipinski definition) is 6. The van der Waals surface area contributed by atoms with Gasteiger partial charge in [-0.15, -0.1) is 0 Å². The van der Waals surface area contributed by atoms with Crippen LogP contribution >= 0.6 is 0 Å². The molecule has 0 heterocycles. The Labute approximate surface area is 179 Å². The fourth-order valence-electron chi connectivity index (χ4n) is 3.23. The number of rotatable bonds is 12. The van der Waals surface area contributed by atoms with Crippen molar-refractivity contribution in [1.29, 1.82) is 0 Å². The zero-order valence-corrected chi connectivity index (χ0v) is 18.9. The smallest absolute Gasteiger partial charge is 0.333 e. The molecule has 1 aliphatic carbocycles. The summed E-state index contributed by atoms with van der Waals surface area (Å²) < 4.78 is 11.4. The van der Waals surface area contributed by atoms with Crippen LogP contribution in [-0.4, -0.2) is 55.3 Å². The number of nitrogens with two attached hydrogens (primary N) is 1. The lowest BCUT2D eigenvalue weighted by Gasteiger charge is -2.36. The molecule has 0 saturated carbocycles. The van der Waals surface area contributed by atoms with Crippen molar-refractivity contribution in [3.8, 4) is 0 Å². The Hall–Kier alpha value is -2.13. The molecule has 9 heteroatoms. The maximum Gasteiger partial charge on any atom is 0.333 e. The SMILES string of the molecule is CCCCONC(N)=N[C@H]1CC(C(=O)OCC)=C[C@@H](OC(CC)CC)C1NC(C)=O. The number of unbranched alkanes of at least 4 members (excludes halogenated alkanes) is 1. The molecule has 1 rings (SSSR count). The van der Waals surface area contributed by atoms with Crippen molar-refractivity contribution in [2.45, 2.75) is 91.0 Å². The molecule has 4 N–H and O–H groups in total. The van der Waals surface area contributed by atoms with Gasteiger partial charge < -0.3 is 20.5 Å². The third kappa shape index (κ3) is 8.71. The number of esters is 1. The van der Waals surface area contributed by atoms with Crippen LogP contribution in [0.2, 0.25) is 0 Å². The lowest BCUT2D eigenvalue weighted by molar-refractivity contribution is -0.139. The monoisotopic (exact) mass is 426 g/mol. The van der Waals surface area contributed by atoms with Gasteiger partial charge in [-0.05, 0) is 32.3 Å². The lowest BCUT2D eigenvalue weighted by Crippen LogP contribution is -2.54. The molecule has 9 nitrogen and oxygen atoms in total. The van der Waals surface area contributed by atoms with E-state index in [0.29, 0.717) is 12.2 Å². The number of hydroxylamine groups is 1. The molecule has 30 heavy (non-hydrogen) atoms. The number of aliphatic imine (C=N–C) groups is 1. The van der Waals surface area contributed by atoms with Crippen molar-refractivity contribution in [3.05, 3.63) is 11.6 Å². The summed E-state index contributed by atoms with van der Waals surface area (Å²) in [6.07, 6.45) is 4.97. The molecule has 0 bridgehead atoms. The Morgan fingerprint density at radius 3 is 2.53 bits per heavy atom. The van der Waals surface area contributed by atoms with E-state index in [4.69, 9.17) is 20.0 Å². The van der Waals surface area contributed by atoms with E-state index < -0.39 is 24.2 Å². The molecule has 1 amide bonds. The number of hydrogen-bond donors (Lipinski definition) is 3. The minimum atomic E-state index is -0.533. The normalized spacial score (nSPS) is 21.9. The van der Waals surface area contributed by atoms with Gasteiger partial charge in [0.15, 0.2) is 0 Å². The minimum Gasteiger partial charge on any atom is -0.463 e. The van der Waals surface area contributed by atoms with Gasteiger partial charge in [-0.3, -0.25) is 9.63 Å². The van der Waals surface area contributed by atoms with Crippen molar-refractivity contribution in [2.24, 2.45) is 10.7 Å². The highest BCUT2D eigenvalue weighted by Crippen LogP contribution is 2.27. The average Bonchev–Trinajstić information content (AvgIpc) is 2.71. The third-order valence-electron chi connectivity index (χ3n) is 4.81.